The van der Waals surface area contributed by atoms with Crippen LogP contribution in [-0.2, 0) is 0 Å². The van der Waals surface area contributed by atoms with Crippen LogP contribution in [0.4, 0.5) is 0 Å². The summed E-state index contributed by atoms with van der Waals surface area (Å²) in [7, 11) is 4.30. The normalized spacial score (nSPS) is 17.8. The summed E-state index contributed by atoms with van der Waals surface area (Å²) in [6.07, 6.45) is 3.94. The summed E-state index contributed by atoms with van der Waals surface area (Å²) < 4.78 is 0. The van der Waals surface area contributed by atoms with Crippen molar-refractivity contribution in [2.24, 2.45) is 0 Å². The van der Waals surface area contributed by atoms with E-state index in [9.17, 15) is 0 Å². The van der Waals surface area contributed by atoms with E-state index in [1.165, 1.54) is 44.6 Å². The Bertz CT molecular complexity index is 360. The highest BCUT2D eigenvalue weighted by Crippen LogP contribution is 2.16. The quantitative estimate of drug-likeness (QED) is 0.786. The summed E-state index contributed by atoms with van der Waals surface area (Å²) in [5.41, 5.74) is 1.39. The van der Waals surface area contributed by atoms with Crippen LogP contribution in [0.1, 0.15) is 30.9 Å². The van der Waals surface area contributed by atoms with E-state index in [1.807, 2.05) is 0 Å². The van der Waals surface area contributed by atoms with E-state index in [-0.39, 0.29) is 0 Å². The first-order valence-corrected chi connectivity index (χ1v) is 7.92. The Hall–Kier alpha value is -0.900. The summed E-state index contributed by atoms with van der Waals surface area (Å²) in [4.78, 5) is 5.05. The van der Waals surface area contributed by atoms with Crippen LogP contribution in [0, 0.1) is 0 Å². The zero-order valence-corrected chi connectivity index (χ0v) is 13.0. The zero-order valence-electron chi connectivity index (χ0n) is 13.0. The van der Waals surface area contributed by atoms with Crippen LogP contribution in [0.15, 0.2) is 30.3 Å². The first-order valence-electron chi connectivity index (χ1n) is 7.92. The van der Waals surface area contributed by atoms with Gasteiger partial charge in [0.05, 0.1) is 0 Å². The molecule has 1 fully saturated rings. The minimum absolute atomic E-state index is 0.463. The molecule has 0 radical (unpaired) electrons. The third-order valence-corrected chi connectivity index (χ3v) is 4.35. The highest BCUT2D eigenvalue weighted by atomic mass is 15.2. The smallest absolute Gasteiger partial charge is 0.0329 e. The number of likely N-dealkylation sites (tertiary alicyclic amines) is 1. The lowest BCUT2D eigenvalue weighted by atomic mass is 10.0. The van der Waals surface area contributed by atoms with Crippen molar-refractivity contribution in [3.05, 3.63) is 35.9 Å². The van der Waals surface area contributed by atoms with Crippen LogP contribution in [-0.4, -0.2) is 56.6 Å². The van der Waals surface area contributed by atoms with Crippen molar-refractivity contribution in [1.82, 2.24) is 15.1 Å². The molecule has 1 N–H and O–H groups in total. The van der Waals surface area contributed by atoms with Gasteiger partial charge in [0.25, 0.3) is 0 Å². The maximum Gasteiger partial charge on any atom is 0.0329 e. The number of likely N-dealkylation sites (N-methyl/N-ethyl adjacent to an activating group) is 1. The van der Waals surface area contributed by atoms with Crippen molar-refractivity contribution in [2.45, 2.75) is 25.3 Å². The molecule has 1 aliphatic rings. The third-order valence-electron chi connectivity index (χ3n) is 4.35. The Balaban J connectivity index is 1.69. The molecular weight excluding hydrogens is 246 g/mol. The molecule has 3 nitrogen and oxygen atoms in total. The predicted molar refractivity (Wildman–Crippen MR) is 86.0 cm³/mol. The molecule has 0 aliphatic carbocycles. The molecule has 3 heteroatoms. The predicted octanol–water partition coefficient (Wildman–Crippen LogP) is 2.36. The van der Waals surface area contributed by atoms with Gasteiger partial charge in [-0.1, -0.05) is 30.3 Å². The number of rotatable bonds is 8. The van der Waals surface area contributed by atoms with E-state index in [4.69, 9.17) is 0 Å². The topological polar surface area (TPSA) is 18.5 Å². The summed E-state index contributed by atoms with van der Waals surface area (Å²) in [6.45, 7) is 6.17. The molecule has 1 heterocycles. The Labute approximate surface area is 124 Å². The van der Waals surface area contributed by atoms with Gasteiger partial charge in [0.2, 0.25) is 0 Å². The Morgan fingerprint density at radius 1 is 1.15 bits per heavy atom. The Kier molecular flexibility index (Phi) is 6.51. The molecule has 1 atom stereocenters. The summed E-state index contributed by atoms with van der Waals surface area (Å²) >= 11 is 0. The van der Waals surface area contributed by atoms with Crippen LogP contribution < -0.4 is 5.32 Å². The van der Waals surface area contributed by atoms with E-state index in [2.05, 4.69) is 59.5 Å². The molecule has 0 saturated carbocycles. The molecule has 112 valence electrons. The monoisotopic (exact) mass is 275 g/mol. The lowest BCUT2D eigenvalue weighted by Gasteiger charge is -2.24. The molecule has 1 aromatic carbocycles. The minimum atomic E-state index is 0.463. The highest BCUT2D eigenvalue weighted by Gasteiger charge is 2.13. The lowest BCUT2D eigenvalue weighted by Crippen LogP contribution is -2.33. The van der Waals surface area contributed by atoms with Gasteiger partial charge in [0.1, 0.15) is 0 Å². The fraction of sp³-hybridized carbons (Fsp3) is 0.647. The van der Waals surface area contributed by atoms with E-state index in [1.54, 1.807) is 0 Å². The van der Waals surface area contributed by atoms with Gasteiger partial charge in [-0.05, 0) is 58.6 Å². The van der Waals surface area contributed by atoms with Gasteiger partial charge in [-0.25, -0.2) is 0 Å². The van der Waals surface area contributed by atoms with Crippen molar-refractivity contribution in [3.63, 3.8) is 0 Å². The van der Waals surface area contributed by atoms with Crippen LogP contribution in [0.5, 0.6) is 0 Å². The van der Waals surface area contributed by atoms with Gasteiger partial charge in [-0.2, -0.15) is 0 Å². The lowest BCUT2D eigenvalue weighted by molar-refractivity contribution is 0.249. The Morgan fingerprint density at radius 2 is 1.85 bits per heavy atom. The molecule has 0 bridgehead atoms. The van der Waals surface area contributed by atoms with Crippen molar-refractivity contribution in [1.29, 1.82) is 0 Å². The first kappa shape index (κ1) is 15.5. The van der Waals surface area contributed by atoms with E-state index >= 15 is 0 Å². The number of hydrogen-bond acceptors (Lipinski definition) is 3. The van der Waals surface area contributed by atoms with E-state index < -0.39 is 0 Å². The average Bonchev–Trinajstić information content (AvgIpc) is 3.00. The number of benzene rings is 1. The summed E-state index contributed by atoms with van der Waals surface area (Å²) in [5.74, 6) is 0. The third kappa shape index (κ3) is 4.89. The van der Waals surface area contributed by atoms with Crippen LogP contribution in [0.3, 0.4) is 0 Å². The van der Waals surface area contributed by atoms with Crippen LogP contribution in [0.25, 0.3) is 0 Å². The molecule has 1 saturated heterocycles. The van der Waals surface area contributed by atoms with Gasteiger partial charge >= 0.3 is 0 Å². The average molecular weight is 275 g/mol. The van der Waals surface area contributed by atoms with Gasteiger partial charge < -0.3 is 15.1 Å². The zero-order chi connectivity index (χ0) is 14.2. The van der Waals surface area contributed by atoms with E-state index in [0.717, 1.165) is 13.0 Å². The van der Waals surface area contributed by atoms with Crippen LogP contribution in [0.2, 0.25) is 0 Å². The van der Waals surface area contributed by atoms with Gasteiger partial charge in [-0.15, -0.1) is 0 Å². The molecule has 1 unspecified atom stereocenters. The second kappa shape index (κ2) is 8.40. The minimum Gasteiger partial charge on any atom is -0.313 e. The van der Waals surface area contributed by atoms with E-state index in [0.29, 0.717) is 6.04 Å². The standard InChI is InChI=1S/C17H29N3/c1-18-17(16-8-4-3-5-9-16)10-13-19(2)14-15-20-11-6-7-12-20/h3-5,8-9,17-18H,6-7,10-15H2,1-2H3. The number of nitrogens with zero attached hydrogens (tertiary/aromatic N) is 2. The fourth-order valence-electron chi connectivity index (χ4n) is 2.94. The summed E-state index contributed by atoms with van der Waals surface area (Å²) in [5, 5.41) is 3.43. The fourth-order valence-corrected chi connectivity index (χ4v) is 2.94. The maximum absolute atomic E-state index is 3.43. The second-order valence-corrected chi connectivity index (χ2v) is 5.89. The van der Waals surface area contributed by atoms with Crippen LogP contribution >= 0.6 is 0 Å². The Morgan fingerprint density at radius 3 is 2.50 bits per heavy atom. The molecule has 0 amide bonds. The van der Waals surface area contributed by atoms with Gasteiger partial charge in [0, 0.05) is 19.1 Å². The summed E-state index contributed by atoms with van der Waals surface area (Å²) in [6, 6.07) is 11.2. The molecule has 1 aromatic rings. The van der Waals surface area contributed by atoms with Crippen molar-refractivity contribution in [3.8, 4) is 0 Å². The molecule has 2 rings (SSSR count). The SMILES string of the molecule is CNC(CCN(C)CCN1CCCC1)c1ccccc1. The number of nitrogens with one attached hydrogen (secondary N) is 1. The molecule has 1 aliphatic heterocycles. The molecule has 20 heavy (non-hydrogen) atoms. The van der Waals surface area contributed by atoms with Crippen molar-refractivity contribution < 1.29 is 0 Å². The van der Waals surface area contributed by atoms with Gasteiger partial charge in [0.15, 0.2) is 0 Å². The highest BCUT2D eigenvalue weighted by molar-refractivity contribution is 5.18. The largest absolute Gasteiger partial charge is 0.313 e. The van der Waals surface area contributed by atoms with Crippen molar-refractivity contribution in [2.75, 3.05) is 46.8 Å². The second-order valence-electron chi connectivity index (χ2n) is 5.89. The van der Waals surface area contributed by atoms with Crippen molar-refractivity contribution >= 4 is 0 Å². The molecule has 0 aromatic heterocycles. The molecule has 0 spiro atoms. The maximum atomic E-state index is 3.43. The molecular formula is C17H29N3. The number of hydrogen-bond donors (Lipinski definition) is 1. The van der Waals surface area contributed by atoms with Gasteiger partial charge in [-0.3, -0.25) is 0 Å². The first-order chi connectivity index (χ1) is 9.79.